The first-order valence-corrected chi connectivity index (χ1v) is 14.7. The van der Waals surface area contributed by atoms with Crippen molar-refractivity contribution in [2.24, 2.45) is 0 Å². The maximum Gasteiger partial charge on any atom is 0.435 e. The summed E-state index contributed by atoms with van der Waals surface area (Å²) in [5.41, 5.74) is -0.932. The Labute approximate surface area is 236 Å². The molecule has 1 fully saturated rings. The number of halogens is 4. The molecule has 1 amide bonds. The lowest BCUT2D eigenvalue weighted by atomic mass is 10.1. The summed E-state index contributed by atoms with van der Waals surface area (Å²) >= 11 is 0. The number of benzene rings is 3. The first-order valence-electron chi connectivity index (χ1n) is 11.8. The number of nitrogens with zero attached hydrogens (tertiary/aromatic N) is 3. The maximum absolute atomic E-state index is 14.8. The summed E-state index contributed by atoms with van der Waals surface area (Å²) in [5, 5.41) is 13.9. The number of alkyl halides is 3. The number of rotatable bonds is 6. The molecular formula is C25H19F4N5O6S2. The summed E-state index contributed by atoms with van der Waals surface area (Å²) in [6.07, 6.45) is -4.74. The van der Waals surface area contributed by atoms with E-state index in [0.29, 0.717) is 15.9 Å². The standard InChI is InChI=1S/C25H19F4N5O6S2/c1-14-2-4-15(5-3-14)20-12-22(25(27,28)29)30-34(20)17-6-8-18(9-7-17)41(37,38)31-16-10-19(26)24(21(35)11-16)33-13-23(36)32-42(33,39)40/h2-12,31,35H,13H2,1H3,(H,32,36). The molecule has 0 aliphatic carbocycles. The fourth-order valence-corrected chi connectivity index (χ4v) is 6.37. The van der Waals surface area contributed by atoms with E-state index in [1.54, 1.807) is 29.0 Å². The normalized spacial score (nSPS) is 15.1. The zero-order valence-electron chi connectivity index (χ0n) is 21.2. The monoisotopic (exact) mass is 625 g/mol. The molecular weight excluding hydrogens is 606 g/mol. The van der Waals surface area contributed by atoms with Gasteiger partial charge in [0.1, 0.15) is 18.0 Å². The largest absolute Gasteiger partial charge is 0.506 e. The molecule has 11 nitrogen and oxygen atoms in total. The second-order valence-corrected chi connectivity index (χ2v) is 12.4. The Hall–Kier alpha value is -4.64. The number of hydrogen-bond donors (Lipinski definition) is 3. The minimum absolute atomic E-state index is 0.110. The smallest absolute Gasteiger partial charge is 0.435 e. The Morgan fingerprint density at radius 2 is 1.67 bits per heavy atom. The van der Waals surface area contributed by atoms with E-state index in [4.69, 9.17) is 0 Å². The SMILES string of the molecule is Cc1ccc(-c2cc(C(F)(F)F)nn2-c2ccc(S(=O)(=O)Nc3cc(O)c(N4CC(=O)NS4(=O)=O)c(F)c3)cc2)cc1. The summed E-state index contributed by atoms with van der Waals surface area (Å²) in [4.78, 5) is 11.1. The van der Waals surface area contributed by atoms with Crippen LogP contribution in [-0.4, -0.2) is 44.2 Å². The van der Waals surface area contributed by atoms with Crippen molar-refractivity contribution in [2.75, 3.05) is 15.6 Å². The van der Waals surface area contributed by atoms with Crippen LogP contribution in [0.25, 0.3) is 16.9 Å². The highest BCUT2D eigenvalue weighted by atomic mass is 32.2. The molecule has 0 bridgehead atoms. The number of carbonyl (C=O) groups is 1. The van der Waals surface area contributed by atoms with Crippen molar-refractivity contribution in [3.63, 3.8) is 0 Å². The van der Waals surface area contributed by atoms with Crippen molar-refractivity contribution in [2.45, 2.75) is 18.0 Å². The molecule has 1 aliphatic heterocycles. The number of nitrogens with one attached hydrogen (secondary N) is 2. The molecule has 220 valence electrons. The van der Waals surface area contributed by atoms with E-state index in [9.17, 15) is 44.3 Å². The van der Waals surface area contributed by atoms with Crippen LogP contribution in [0.1, 0.15) is 11.3 Å². The zero-order valence-corrected chi connectivity index (χ0v) is 22.8. The predicted octanol–water partition coefficient (Wildman–Crippen LogP) is 3.69. The number of amides is 1. The number of aromatic nitrogens is 2. The van der Waals surface area contributed by atoms with Crippen LogP contribution in [0.5, 0.6) is 5.75 Å². The summed E-state index contributed by atoms with van der Waals surface area (Å²) in [6.45, 7) is 1.02. The second kappa shape index (κ2) is 10.0. The average Bonchev–Trinajstić information content (AvgIpc) is 3.44. The highest BCUT2D eigenvalue weighted by Gasteiger charge is 2.38. The number of phenols is 1. The Morgan fingerprint density at radius 3 is 2.21 bits per heavy atom. The van der Waals surface area contributed by atoms with Crippen molar-refractivity contribution >= 4 is 37.5 Å². The molecule has 5 rings (SSSR count). The summed E-state index contributed by atoms with van der Waals surface area (Å²) in [5.74, 6) is -3.27. The Balaban J connectivity index is 1.44. The van der Waals surface area contributed by atoms with E-state index >= 15 is 0 Å². The van der Waals surface area contributed by atoms with E-state index in [1.165, 1.54) is 12.1 Å². The van der Waals surface area contributed by atoms with Gasteiger partial charge in [-0.2, -0.15) is 26.7 Å². The van der Waals surface area contributed by atoms with Crippen molar-refractivity contribution in [3.05, 3.63) is 83.8 Å². The van der Waals surface area contributed by atoms with Gasteiger partial charge in [-0.25, -0.2) is 26.5 Å². The van der Waals surface area contributed by atoms with Crippen LogP contribution in [0.4, 0.5) is 28.9 Å². The van der Waals surface area contributed by atoms with Gasteiger partial charge in [-0.15, -0.1) is 0 Å². The third-order valence-electron chi connectivity index (χ3n) is 6.10. The molecule has 1 saturated heterocycles. The van der Waals surface area contributed by atoms with Gasteiger partial charge in [-0.3, -0.25) is 9.52 Å². The molecule has 3 N–H and O–H groups in total. The molecule has 1 aromatic heterocycles. The van der Waals surface area contributed by atoms with Gasteiger partial charge in [-0.1, -0.05) is 29.8 Å². The summed E-state index contributed by atoms with van der Waals surface area (Å²) in [6, 6.07) is 13.5. The molecule has 17 heteroatoms. The van der Waals surface area contributed by atoms with Crippen molar-refractivity contribution in [3.8, 4) is 22.7 Å². The maximum atomic E-state index is 14.8. The van der Waals surface area contributed by atoms with Crippen molar-refractivity contribution in [1.29, 1.82) is 0 Å². The molecule has 0 radical (unpaired) electrons. The van der Waals surface area contributed by atoms with Crippen LogP contribution < -0.4 is 13.7 Å². The van der Waals surface area contributed by atoms with Crippen LogP contribution >= 0.6 is 0 Å². The van der Waals surface area contributed by atoms with Crippen LogP contribution in [0.2, 0.25) is 0 Å². The van der Waals surface area contributed by atoms with Gasteiger partial charge in [0, 0.05) is 17.7 Å². The molecule has 0 atom stereocenters. The van der Waals surface area contributed by atoms with Gasteiger partial charge < -0.3 is 5.11 Å². The molecule has 1 aliphatic rings. The molecule has 3 aromatic carbocycles. The third kappa shape index (κ3) is 5.47. The first-order chi connectivity index (χ1) is 19.5. The topological polar surface area (TPSA) is 151 Å². The molecule has 2 heterocycles. The van der Waals surface area contributed by atoms with Crippen molar-refractivity contribution in [1.82, 2.24) is 14.5 Å². The average molecular weight is 626 g/mol. The number of aryl methyl sites for hydroxylation is 1. The van der Waals surface area contributed by atoms with Crippen molar-refractivity contribution < 1.29 is 44.3 Å². The molecule has 4 aromatic rings. The van der Waals surface area contributed by atoms with Crippen LogP contribution in [0.3, 0.4) is 0 Å². The van der Waals surface area contributed by atoms with Gasteiger partial charge in [-0.05, 0) is 37.3 Å². The molecule has 0 unspecified atom stereocenters. The summed E-state index contributed by atoms with van der Waals surface area (Å²) < 4.78 is 110. The number of carbonyl (C=O) groups excluding carboxylic acids is 1. The van der Waals surface area contributed by atoms with E-state index in [0.717, 1.165) is 34.5 Å². The van der Waals surface area contributed by atoms with Crippen LogP contribution in [-0.2, 0) is 31.2 Å². The van der Waals surface area contributed by atoms with Gasteiger partial charge in [0.2, 0.25) is 0 Å². The second-order valence-electron chi connectivity index (χ2n) is 9.15. The lowest BCUT2D eigenvalue weighted by molar-refractivity contribution is -0.141. The highest BCUT2D eigenvalue weighted by molar-refractivity contribution is 7.92. The van der Waals surface area contributed by atoms with Gasteiger partial charge in [0.15, 0.2) is 11.5 Å². The van der Waals surface area contributed by atoms with Crippen LogP contribution in [0, 0.1) is 12.7 Å². The molecule has 0 saturated carbocycles. The molecule has 42 heavy (non-hydrogen) atoms. The zero-order chi connectivity index (χ0) is 30.6. The lowest BCUT2D eigenvalue weighted by Gasteiger charge is -2.18. The minimum atomic E-state index is -4.74. The Bertz CT molecular complexity index is 1900. The number of aromatic hydroxyl groups is 1. The van der Waals surface area contributed by atoms with E-state index < -0.39 is 67.5 Å². The quantitative estimate of drug-likeness (QED) is 0.277. The fourth-order valence-electron chi connectivity index (χ4n) is 4.16. The number of anilines is 2. The van der Waals surface area contributed by atoms with Crippen LogP contribution in [0.15, 0.2) is 71.6 Å². The fraction of sp³-hybridized carbons (Fsp3) is 0.120. The predicted molar refractivity (Wildman–Crippen MR) is 142 cm³/mol. The Morgan fingerprint density at radius 1 is 1.02 bits per heavy atom. The highest BCUT2D eigenvalue weighted by Crippen LogP contribution is 2.37. The number of hydrogen-bond acceptors (Lipinski definition) is 7. The molecule has 0 spiro atoms. The van der Waals surface area contributed by atoms with E-state index in [2.05, 4.69) is 5.10 Å². The minimum Gasteiger partial charge on any atom is -0.506 e. The van der Waals surface area contributed by atoms with E-state index in [-0.39, 0.29) is 16.3 Å². The van der Waals surface area contributed by atoms with Gasteiger partial charge in [0.05, 0.1) is 22.0 Å². The van der Waals surface area contributed by atoms with E-state index in [1.807, 2.05) is 11.6 Å². The van der Waals surface area contributed by atoms with Gasteiger partial charge >= 0.3 is 16.4 Å². The first kappa shape index (κ1) is 28.9. The lowest BCUT2D eigenvalue weighted by Crippen LogP contribution is -2.30. The Kier molecular flexibility index (Phi) is 6.89. The summed E-state index contributed by atoms with van der Waals surface area (Å²) in [7, 11) is -8.89. The third-order valence-corrected chi connectivity index (χ3v) is 8.88. The number of sulfonamides is 1. The number of phenolic OH excluding ortho intramolecular Hbond substituents is 1. The van der Waals surface area contributed by atoms with Gasteiger partial charge in [0.25, 0.3) is 15.9 Å².